The molecule has 0 aliphatic heterocycles. The summed E-state index contributed by atoms with van der Waals surface area (Å²) in [6, 6.07) is 1.95. The first-order valence-corrected chi connectivity index (χ1v) is 5.32. The molecule has 0 saturated carbocycles. The second kappa shape index (κ2) is 4.51. The molecule has 3 heteroatoms. The lowest BCUT2D eigenvalue weighted by molar-refractivity contribution is 0.0537. The molecule has 3 nitrogen and oxygen atoms in total. The zero-order valence-electron chi connectivity index (χ0n) is 9.91. The van der Waals surface area contributed by atoms with Gasteiger partial charge in [0.2, 0.25) is 0 Å². The Bertz CT molecular complexity index is 334. The van der Waals surface area contributed by atoms with Gasteiger partial charge in [0.25, 0.3) is 0 Å². The normalized spacial score (nSPS) is 11.5. The highest BCUT2D eigenvalue weighted by Gasteiger charge is 2.17. The van der Waals surface area contributed by atoms with Crippen LogP contribution in [-0.4, -0.2) is 16.3 Å². The maximum Gasteiger partial charge on any atom is 0.418 e. The van der Waals surface area contributed by atoms with Crippen molar-refractivity contribution in [2.45, 2.75) is 46.1 Å². The monoisotopic (exact) mass is 209 g/mol. The summed E-state index contributed by atoms with van der Waals surface area (Å²) in [6.07, 6.45) is 5.34. The lowest BCUT2D eigenvalue weighted by Crippen LogP contribution is -2.26. The molecule has 0 bridgehead atoms. The molecular weight excluding hydrogens is 190 g/mol. The van der Waals surface area contributed by atoms with Crippen molar-refractivity contribution < 1.29 is 9.53 Å². The summed E-state index contributed by atoms with van der Waals surface area (Å²) in [6.45, 7) is 7.70. The van der Waals surface area contributed by atoms with Gasteiger partial charge in [0.05, 0.1) is 0 Å². The molecule has 0 aromatic carbocycles. The average molecular weight is 209 g/mol. The van der Waals surface area contributed by atoms with E-state index in [2.05, 4.69) is 6.92 Å². The molecule has 0 aliphatic rings. The van der Waals surface area contributed by atoms with Crippen LogP contribution in [0.4, 0.5) is 4.79 Å². The molecule has 1 rings (SSSR count). The largest absolute Gasteiger partial charge is 0.443 e. The number of rotatable bonds is 2. The van der Waals surface area contributed by atoms with Gasteiger partial charge in [0.1, 0.15) is 5.60 Å². The highest BCUT2D eigenvalue weighted by molar-refractivity contribution is 5.71. The predicted molar refractivity (Wildman–Crippen MR) is 60.1 cm³/mol. The Morgan fingerprint density at radius 2 is 2.13 bits per heavy atom. The lowest BCUT2D eigenvalue weighted by Gasteiger charge is -2.19. The Hall–Kier alpha value is -1.25. The topological polar surface area (TPSA) is 31.2 Å². The standard InChI is InChI=1S/C12H19NO2/c1-5-6-10-7-8-13(9-10)11(14)15-12(2,3)4/h7-9H,5-6H2,1-4H3. The van der Waals surface area contributed by atoms with E-state index in [9.17, 15) is 4.79 Å². The van der Waals surface area contributed by atoms with Gasteiger partial charge in [-0.1, -0.05) is 13.3 Å². The molecule has 0 fully saturated rings. The van der Waals surface area contributed by atoms with E-state index in [0.717, 1.165) is 12.8 Å². The SMILES string of the molecule is CCCc1ccn(C(=O)OC(C)(C)C)c1. The van der Waals surface area contributed by atoms with Crippen LogP contribution >= 0.6 is 0 Å². The molecule has 84 valence electrons. The predicted octanol–water partition coefficient (Wildman–Crippen LogP) is 3.22. The van der Waals surface area contributed by atoms with Crippen LogP contribution in [0.1, 0.15) is 39.7 Å². The number of nitrogens with zero attached hydrogens (tertiary/aromatic N) is 1. The van der Waals surface area contributed by atoms with E-state index < -0.39 is 5.60 Å². The molecule has 1 heterocycles. The second-order valence-electron chi connectivity index (χ2n) is 4.66. The summed E-state index contributed by atoms with van der Waals surface area (Å²) >= 11 is 0. The van der Waals surface area contributed by atoms with Gasteiger partial charge in [-0.3, -0.25) is 4.57 Å². The van der Waals surface area contributed by atoms with Crippen molar-refractivity contribution >= 4 is 6.09 Å². The molecule has 0 spiro atoms. The van der Waals surface area contributed by atoms with Gasteiger partial charge < -0.3 is 4.74 Å². The summed E-state index contributed by atoms with van der Waals surface area (Å²) in [7, 11) is 0. The van der Waals surface area contributed by atoms with Crippen molar-refractivity contribution in [3.63, 3.8) is 0 Å². The Labute approximate surface area is 91.0 Å². The van der Waals surface area contributed by atoms with Crippen molar-refractivity contribution in [2.75, 3.05) is 0 Å². The quantitative estimate of drug-likeness (QED) is 0.748. The molecular formula is C12H19NO2. The Morgan fingerprint density at radius 1 is 1.47 bits per heavy atom. The highest BCUT2D eigenvalue weighted by atomic mass is 16.6. The fourth-order valence-electron chi connectivity index (χ4n) is 1.31. The molecule has 1 aromatic heterocycles. The average Bonchev–Trinajstić information content (AvgIpc) is 2.50. The molecule has 0 saturated heterocycles. The molecule has 15 heavy (non-hydrogen) atoms. The first-order valence-electron chi connectivity index (χ1n) is 5.32. The fourth-order valence-corrected chi connectivity index (χ4v) is 1.31. The maximum absolute atomic E-state index is 11.6. The number of ether oxygens (including phenoxy) is 1. The smallest absolute Gasteiger partial charge is 0.418 e. The molecule has 0 amide bonds. The first kappa shape index (κ1) is 11.8. The van der Waals surface area contributed by atoms with E-state index in [1.54, 1.807) is 6.20 Å². The molecule has 1 aromatic rings. The maximum atomic E-state index is 11.6. The van der Waals surface area contributed by atoms with Gasteiger partial charge in [0, 0.05) is 12.4 Å². The van der Waals surface area contributed by atoms with E-state index in [1.165, 1.54) is 10.1 Å². The van der Waals surface area contributed by atoms with Crippen LogP contribution in [0.25, 0.3) is 0 Å². The van der Waals surface area contributed by atoms with Crippen molar-refractivity contribution in [1.29, 1.82) is 0 Å². The van der Waals surface area contributed by atoms with Gasteiger partial charge in [-0.25, -0.2) is 4.79 Å². The molecule has 0 atom stereocenters. The van der Waals surface area contributed by atoms with Crippen molar-refractivity contribution in [3.05, 3.63) is 24.0 Å². The number of carbonyl (C=O) groups is 1. The highest BCUT2D eigenvalue weighted by Crippen LogP contribution is 2.11. The van der Waals surface area contributed by atoms with Crippen LogP contribution in [0, 0.1) is 0 Å². The minimum absolute atomic E-state index is 0.315. The van der Waals surface area contributed by atoms with E-state index in [1.807, 2.05) is 33.0 Å². The van der Waals surface area contributed by atoms with Gasteiger partial charge >= 0.3 is 6.09 Å². The summed E-state index contributed by atoms with van der Waals surface area (Å²) in [5.74, 6) is 0. The Kier molecular flexibility index (Phi) is 3.56. The van der Waals surface area contributed by atoms with Crippen molar-refractivity contribution in [3.8, 4) is 0 Å². The third-order valence-corrected chi connectivity index (χ3v) is 1.90. The fraction of sp³-hybridized carbons (Fsp3) is 0.583. The minimum Gasteiger partial charge on any atom is -0.443 e. The van der Waals surface area contributed by atoms with E-state index in [4.69, 9.17) is 4.74 Å². The van der Waals surface area contributed by atoms with Crippen LogP contribution in [0.3, 0.4) is 0 Å². The Morgan fingerprint density at radius 3 is 2.67 bits per heavy atom. The van der Waals surface area contributed by atoms with Crippen LogP contribution in [0.15, 0.2) is 18.5 Å². The van der Waals surface area contributed by atoms with Crippen LogP contribution in [-0.2, 0) is 11.2 Å². The first-order chi connectivity index (χ1) is 6.92. The number of hydrogen-bond donors (Lipinski definition) is 0. The van der Waals surface area contributed by atoms with Crippen LogP contribution in [0.5, 0.6) is 0 Å². The minimum atomic E-state index is -0.438. The lowest BCUT2D eigenvalue weighted by atomic mass is 10.2. The van der Waals surface area contributed by atoms with Crippen molar-refractivity contribution in [1.82, 2.24) is 4.57 Å². The van der Waals surface area contributed by atoms with Gasteiger partial charge in [-0.2, -0.15) is 0 Å². The molecule has 0 N–H and O–H groups in total. The van der Waals surface area contributed by atoms with Gasteiger partial charge in [-0.15, -0.1) is 0 Å². The zero-order chi connectivity index (χ0) is 11.5. The third-order valence-electron chi connectivity index (χ3n) is 1.90. The zero-order valence-corrected chi connectivity index (χ0v) is 9.91. The number of aromatic nitrogens is 1. The van der Waals surface area contributed by atoms with Gasteiger partial charge in [0.15, 0.2) is 0 Å². The van der Waals surface area contributed by atoms with Crippen molar-refractivity contribution in [2.24, 2.45) is 0 Å². The Balaban J connectivity index is 2.66. The summed E-state index contributed by atoms with van der Waals surface area (Å²) < 4.78 is 6.74. The van der Waals surface area contributed by atoms with E-state index in [0.29, 0.717) is 0 Å². The summed E-state index contributed by atoms with van der Waals surface area (Å²) in [5.41, 5.74) is 0.732. The number of aryl methyl sites for hydroxylation is 1. The second-order valence-corrected chi connectivity index (χ2v) is 4.66. The summed E-state index contributed by atoms with van der Waals surface area (Å²) in [5, 5.41) is 0. The molecule has 0 aliphatic carbocycles. The van der Waals surface area contributed by atoms with Crippen LogP contribution < -0.4 is 0 Å². The van der Waals surface area contributed by atoms with Crippen LogP contribution in [0.2, 0.25) is 0 Å². The van der Waals surface area contributed by atoms with E-state index >= 15 is 0 Å². The summed E-state index contributed by atoms with van der Waals surface area (Å²) in [4.78, 5) is 11.6. The number of carbonyl (C=O) groups excluding carboxylic acids is 1. The molecule has 0 unspecified atom stereocenters. The molecule has 0 radical (unpaired) electrons. The van der Waals surface area contributed by atoms with E-state index in [-0.39, 0.29) is 6.09 Å². The number of hydrogen-bond acceptors (Lipinski definition) is 2. The van der Waals surface area contributed by atoms with Gasteiger partial charge in [-0.05, 0) is 38.8 Å². The third kappa shape index (κ3) is 3.78.